The van der Waals surface area contributed by atoms with Crippen LogP contribution in [0.3, 0.4) is 0 Å². The van der Waals surface area contributed by atoms with E-state index in [9.17, 15) is 14.0 Å². The van der Waals surface area contributed by atoms with Gasteiger partial charge in [0.1, 0.15) is 6.29 Å². The molecule has 0 aliphatic rings. The summed E-state index contributed by atoms with van der Waals surface area (Å²) < 4.78 is 12.3. The molecule has 96 valence electrons. The molecule has 0 aliphatic carbocycles. The molecular formula is C15H12FNO2. The maximum atomic E-state index is 12.3. The predicted molar refractivity (Wildman–Crippen MR) is 71.9 cm³/mol. The van der Waals surface area contributed by atoms with E-state index in [4.69, 9.17) is 0 Å². The van der Waals surface area contributed by atoms with E-state index in [0.29, 0.717) is 11.3 Å². The maximum Gasteiger partial charge on any atom is 0.255 e. The van der Waals surface area contributed by atoms with Crippen LogP contribution >= 0.6 is 0 Å². The summed E-state index contributed by atoms with van der Waals surface area (Å²) in [6.07, 6.45) is 0.756. The molecule has 0 heterocycles. The molecule has 2 aromatic carbocycles. The molecule has 2 rings (SSSR count). The third-order valence-corrected chi connectivity index (χ3v) is 2.66. The molecule has 0 unspecified atom stereocenters. The van der Waals surface area contributed by atoms with Crippen molar-refractivity contribution in [3.05, 3.63) is 54.1 Å². The predicted octanol–water partition coefficient (Wildman–Crippen LogP) is 3.07. The van der Waals surface area contributed by atoms with Gasteiger partial charge in [0.05, 0.1) is 0 Å². The Hall–Kier alpha value is -2.49. The number of anilines is 1. The fraction of sp³-hybridized carbons (Fsp3) is 0.0667. The minimum absolute atomic E-state index is 0.521. The molecule has 0 aliphatic heterocycles. The van der Waals surface area contributed by atoms with E-state index in [1.165, 1.54) is 0 Å². The molecule has 1 N–H and O–H groups in total. The van der Waals surface area contributed by atoms with Crippen molar-refractivity contribution >= 4 is 17.9 Å². The van der Waals surface area contributed by atoms with Gasteiger partial charge in [0.2, 0.25) is 0 Å². The Morgan fingerprint density at radius 3 is 2.68 bits per heavy atom. The Morgan fingerprint density at radius 2 is 1.95 bits per heavy atom. The lowest BCUT2D eigenvalue weighted by molar-refractivity contribution is -0.117. The van der Waals surface area contributed by atoms with Gasteiger partial charge in [-0.1, -0.05) is 36.4 Å². The second-order valence-corrected chi connectivity index (χ2v) is 3.97. The van der Waals surface area contributed by atoms with Gasteiger partial charge < -0.3 is 5.32 Å². The minimum Gasteiger partial charge on any atom is -0.323 e. The van der Waals surface area contributed by atoms with Crippen LogP contribution in [0, 0.1) is 0 Å². The molecule has 19 heavy (non-hydrogen) atoms. The number of aldehydes is 1. The summed E-state index contributed by atoms with van der Waals surface area (Å²) in [4.78, 5) is 21.9. The molecule has 1 amide bonds. The number of benzene rings is 2. The van der Waals surface area contributed by atoms with Crippen molar-refractivity contribution in [2.75, 3.05) is 12.0 Å². The Labute approximate surface area is 110 Å². The third kappa shape index (κ3) is 3.04. The monoisotopic (exact) mass is 257 g/mol. The zero-order valence-corrected chi connectivity index (χ0v) is 10.1. The van der Waals surface area contributed by atoms with Crippen LogP contribution in [-0.2, 0) is 4.79 Å². The summed E-state index contributed by atoms with van der Waals surface area (Å²) in [6.45, 7) is -1.07. The summed E-state index contributed by atoms with van der Waals surface area (Å²) in [6, 6.07) is 14.1. The summed E-state index contributed by atoms with van der Waals surface area (Å²) in [5, 5.41) is 2.49. The highest BCUT2D eigenvalue weighted by atomic mass is 19.1. The van der Waals surface area contributed by atoms with E-state index in [0.717, 1.165) is 17.4 Å². The van der Waals surface area contributed by atoms with Crippen molar-refractivity contribution in [1.82, 2.24) is 0 Å². The van der Waals surface area contributed by atoms with Crippen molar-refractivity contribution < 1.29 is 14.0 Å². The smallest absolute Gasteiger partial charge is 0.255 e. The fourth-order valence-electron chi connectivity index (χ4n) is 1.81. The van der Waals surface area contributed by atoms with Crippen molar-refractivity contribution in [3.63, 3.8) is 0 Å². The van der Waals surface area contributed by atoms with Gasteiger partial charge in [0.25, 0.3) is 5.91 Å². The number of hydrogen-bond acceptors (Lipinski definition) is 2. The quantitative estimate of drug-likeness (QED) is 0.855. The van der Waals surface area contributed by atoms with Crippen molar-refractivity contribution in [2.45, 2.75) is 0 Å². The lowest BCUT2D eigenvalue weighted by Gasteiger charge is -2.10. The zero-order valence-electron chi connectivity index (χ0n) is 10.1. The van der Waals surface area contributed by atoms with E-state index < -0.39 is 12.6 Å². The second-order valence-electron chi connectivity index (χ2n) is 3.97. The Bertz CT molecular complexity index is 611. The topological polar surface area (TPSA) is 46.2 Å². The first-order valence-electron chi connectivity index (χ1n) is 5.75. The molecule has 0 saturated heterocycles. The zero-order chi connectivity index (χ0) is 13.7. The number of amides is 1. The van der Waals surface area contributed by atoms with Gasteiger partial charge in [0, 0.05) is 16.8 Å². The molecule has 0 fully saturated rings. The van der Waals surface area contributed by atoms with Gasteiger partial charge in [0.15, 0.2) is 6.67 Å². The molecule has 0 radical (unpaired) electrons. The first kappa shape index (κ1) is 13.0. The highest BCUT2D eigenvalue weighted by Crippen LogP contribution is 2.28. The summed E-state index contributed by atoms with van der Waals surface area (Å²) in [7, 11) is 0. The number of para-hydroxylation sites is 1. The number of carbonyl (C=O) groups excluding carboxylic acids is 2. The van der Waals surface area contributed by atoms with E-state index in [-0.39, 0.29) is 0 Å². The SMILES string of the molecule is O=Cc1cccc(-c2ccccc2NC(=O)CF)c1. The van der Waals surface area contributed by atoms with Gasteiger partial charge in [-0.05, 0) is 17.7 Å². The molecule has 4 heteroatoms. The van der Waals surface area contributed by atoms with Gasteiger partial charge in [-0.2, -0.15) is 0 Å². The van der Waals surface area contributed by atoms with E-state index in [1.807, 2.05) is 12.1 Å². The van der Waals surface area contributed by atoms with E-state index >= 15 is 0 Å². The first-order chi connectivity index (χ1) is 9.24. The maximum absolute atomic E-state index is 12.3. The number of halogens is 1. The summed E-state index contributed by atoms with van der Waals surface area (Å²) in [5.74, 6) is -0.695. The van der Waals surface area contributed by atoms with Crippen LogP contribution in [0.5, 0.6) is 0 Å². The fourth-order valence-corrected chi connectivity index (χ4v) is 1.81. The van der Waals surface area contributed by atoms with Gasteiger partial charge >= 0.3 is 0 Å². The van der Waals surface area contributed by atoms with Crippen LogP contribution in [-0.4, -0.2) is 18.9 Å². The molecule has 0 atom stereocenters. The van der Waals surface area contributed by atoms with Crippen LogP contribution < -0.4 is 5.32 Å². The molecule has 3 nitrogen and oxygen atoms in total. The number of alkyl halides is 1. The number of carbonyl (C=O) groups is 2. The van der Waals surface area contributed by atoms with E-state index in [2.05, 4.69) is 5.32 Å². The standard InChI is InChI=1S/C15H12FNO2/c16-9-15(19)17-14-7-2-1-6-13(14)12-5-3-4-11(8-12)10-18/h1-8,10H,9H2,(H,17,19). The lowest BCUT2D eigenvalue weighted by Crippen LogP contribution is -2.13. The molecule has 0 aromatic heterocycles. The van der Waals surface area contributed by atoms with Gasteiger partial charge in [-0.3, -0.25) is 9.59 Å². The Balaban J connectivity index is 2.43. The largest absolute Gasteiger partial charge is 0.323 e. The highest BCUT2D eigenvalue weighted by molar-refractivity contribution is 5.96. The molecule has 2 aromatic rings. The van der Waals surface area contributed by atoms with Crippen LogP contribution in [0.15, 0.2) is 48.5 Å². The van der Waals surface area contributed by atoms with Crippen LogP contribution in [0.2, 0.25) is 0 Å². The van der Waals surface area contributed by atoms with Gasteiger partial charge in [-0.25, -0.2) is 4.39 Å². The van der Waals surface area contributed by atoms with E-state index in [1.54, 1.807) is 36.4 Å². The molecular weight excluding hydrogens is 245 g/mol. The van der Waals surface area contributed by atoms with Crippen LogP contribution in [0.25, 0.3) is 11.1 Å². The minimum atomic E-state index is -1.07. The number of hydrogen-bond donors (Lipinski definition) is 1. The van der Waals surface area contributed by atoms with Crippen molar-refractivity contribution in [3.8, 4) is 11.1 Å². The average molecular weight is 257 g/mol. The number of nitrogens with one attached hydrogen (secondary N) is 1. The Kier molecular flexibility index (Phi) is 4.03. The first-order valence-corrected chi connectivity index (χ1v) is 5.75. The molecule has 0 saturated carbocycles. The summed E-state index contributed by atoms with van der Waals surface area (Å²) >= 11 is 0. The molecule has 0 bridgehead atoms. The number of rotatable bonds is 4. The second kappa shape index (κ2) is 5.91. The normalized spacial score (nSPS) is 9.95. The average Bonchev–Trinajstić information content (AvgIpc) is 2.47. The van der Waals surface area contributed by atoms with Crippen molar-refractivity contribution in [2.24, 2.45) is 0 Å². The third-order valence-electron chi connectivity index (χ3n) is 2.66. The lowest BCUT2D eigenvalue weighted by atomic mass is 10.0. The van der Waals surface area contributed by atoms with Crippen LogP contribution in [0.4, 0.5) is 10.1 Å². The highest BCUT2D eigenvalue weighted by Gasteiger charge is 2.08. The van der Waals surface area contributed by atoms with Crippen LogP contribution in [0.1, 0.15) is 10.4 Å². The van der Waals surface area contributed by atoms with Gasteiger partial charge in [-0.15, -0.1) is 0 Å². The summed E-state index contributed by atoms with van der Waals surface area (Å²) in [5.41, 5.74) is 2.60. The Morgan fingerprint density at radius 1 is 1.16 bits per heavy atom. The van der Waals surface area contributed by atoms with Crippen molar-refractivity contribution in [1.29, 1.82) is 0 Å². The molecule has 0 spiro atoms.